The van der Waals surface area contributed by atoms with E-state index in [9.17, 15) is 9.59 Å². The molecular weight excluding hydrogens is 643 g/mol. The molecular formula is C46H83N3O3. The first-order valence-corrected chi connectivity index (χ1v) is 22.1. The molecule has 0 aromatic carbocycles. The van der Waals surface area contributed by atoms with E-state index >= 15 is 0 Å². The minimum atomic E-state index is -0.335. The molecule has 0 radical (unpaired) electrons. The second kappa shape index (κ2) is 18.5. The monoisotopic (exact) mass is 726 g/mol. The normalized spacial score (nSPS) is 31.0. The summed E-state index contributed by atoms with van der Waals surface area (Å²) in [5.41, 5.74) is 14.3. The Kier molecular flexibility index (Phi) is 15.4. The first-order valence-electron chi connectivity index (χ1n) is 22.1. The molecule has 0 aromatic rings. The largest absolute Gasteiger partial charge is 0.462 e. The number of rotatable bonds is 20. The average Bonchev–Trinajstić information content (AvgIpc) is 3.41. The van der Waals surface area contributed by atoms with E-state index in [2.05, 4.69) is 54.5 Å². The zero-order chi connectivity index (χ0) is 38.3. The van der Waals surface area contributed by atoms with Crippen LogP contribution in [0.3, 0.4) is 0 Å². The van der Waals surface area contributed by atoms with Crippen molar-refractivity contribution in [2.75, 3.05) is 13.1 Å². The molecule has 52 heavy (non-hydrogen) atoms. The van der Waals surface area contributed by atoms with E-state index in [1.54, 1.807) is 5.57 Å². The van der Waals surface area contributed by atoms with Gasteiger partial charge < -0.3 is 21.1 Å². The zero-order valence-corrected chi connectivity index (χ0v) is 35.5. The maximum Gasteiger partial charge on any atom is 0.306 e. The lowest BCUT2D eigenvalue weighted by atomic mass is 9.47. The summed E-state index contributed by atoms with van der Waals surface area (Å²) in [6.07, 6.45) is 24.1. The van der Waals surface area contributed by atoms with Crippen LogP contribution in [0, 0.1) is 46.3 Å². The van der Waals surface area contributed by atoms with E-state index in [1.807, 2.05) is 18.7 Å². The topological polar surface area (TPSA) is 98.7 Å². The van der Waals surface area contributed by atoms with Gasteiger partial charge in [0.25, 0.3) is 0 Å². The van der Waals surface area contributed by atoms with Gasteiger partial charge in [0.05, 0.1) is 6.42 Å². The fourth-order valence-corrected chi connectivity index (χ4v) is 11.6. The molecule has 6 heteroatoms. The first kappa shape index (κ1) is 43.3. The number of hydrogen-bond acceptors (Lipinski definition) is 5. The van der Waals surface area contributed by atoms with Crippen LogP contribution in [0.15, 0.2) is 11.6 Å². The van der Waals surface area contributed by atoms with Crippen LogP contribution in [0.4, 0.5) is 0 Å². The quantitative estimate of drug-likeness (QED) is 0.0739. The van der Waals surface area contributed by atoms with E-state index in [0.717, 1.165) is 99.8 Å². The smallest absolute Gasteiger partial charge is 0.306 e. The van der Waals surface area contributed by atoms with Crippen molar-refractivity contribution in [2.45, 2.75) is 208 Å². The van der Waals surface area contributed by atoms with Crippen molar-refractivity contribution in [3.05, 3.63) is 11.6 Å². The molecule has 0 bridgehead atoms. The van der Waals surface area contributed by atoms with Crippen molar-refractivity contribution < 1.29 is 14.3 Å². The van der Waals surface area contributed by atoms with Crippen molar-refractivity contribution >= 4 is 11.9 Å². The number of amides is 1. The molecule has 6 nitrogen and oxygen atoms in total. The third-order valence-corrected chi connectivity index (χ3v) is 14.7. The van der Waals surface area contributed by atoms with Crippen LogP contribution in [-0.2, 0) is 14.3 Å². The van der Waals surface area contributed by atoms with Gasteiger partial charge in [-0.1, -0.05) is 91.2 Å². The lowest BCUT2D eigenvalue weighted by Gasteiger charge is -2.58. The number of hydrogen-bond donors (Lipinski definition) is 2. The van der Waals surface area contributed by atoms with Crippen LogP contribution in [-0.4, -0.2) is 47.0 Å². The summed E-state index contributed by atoms with van der Waals surface area (Å²) in [5, 5.41) is 0. The summed E-state index contributed by atoms with van der Waals surface area (Å²) in [5.74, 6) is 4.79. The number of carbonyl (C=O) groups is 2. The molecule has 0 spiro atoms. The number of esters is 1. The number of carbonyl (C=O) groups excluding carboxylic acids is 2. The number of fused-ring (bicyclic) bond motifs is 5. The van der Waals surface area contributed by atoms with E-state index in [1.165, 1.54) is 57.8 Å². The van der Waals surface area contributed by atoms with Crippen molar-refractivity contribution in [1.82, 2.24) is 4.90 Å². The summed E-state index contributed by atoms with van der Waals surface area (Å²) in [4.78, 5) is 28.5. The van der Waals surface area contributed by atoms with Gasteiger partial charge >= 0.3 is 5.97 Å². The summed E-state index contributed by atoms with van der Waals surface area (Å²) >= 11 is 0. The Labute approximate surface area is 320 Å². The zero-order valence-electron chi connectivity index (χ0n) is 35.5. The summed E-state index contributed by atoms with van der Waals surface area (Å²) in [6.45, 7) is 22.1. The predicted molar refractivity (Wildman–Crippen MR) is 218 cm³/mol. The lowest BCUT2D eigenvalue weighted by Crippen LogP contribution is -2.51. The highest BCUT2D eigenvalue weighted by atomic mass is 16.5. The van der Waals surface area contributed by atoms with Gasteiger partial charge in [0, 0.05) is 37.0 Å². The van der Waals surface area contributed by atoms with Gasteiger partial charge in [0.15, 0.2) is 0 Å². The minimum Gasteiger partial charge on any atom is -0.462 e. The molecule has 0 aliphatic heterocycles. The maximum atomic E-state index is 13.4. The summed E-state index contributed by atoms with van der Waals surface area (Å²) in [7, 11) is 0. The molecule has 4 aliphatic carbocycles. The van der Waals surface area contributed by atoms with Crippen LogP contribution in [0.2, 0.25) is 0 Å². The van der Waals surface area contributed by atoms with Crippen LogP contribution in [0.25, 0.3) is 0 Å². The van der Waals surface area contributed by atoms with E-state index in [0.29, 0.717) is 12.0 Å². The highest BCUT2D eigenvalue weighted by Gasteiger charge is 2.59. The van der Waals surface area contributed by atoms with Gasteiger partial charge in [-0.05, 0) is 138 Å². The lowest BCUT2D eigenvalue weighted by molar-refractivity contribution is -0.153. The molecule has 4 rings (SSSR count). The van der Waals surface area contributed by atoms with E-state index < -0.39 is 0 Å². The Morgan fingerprint density at radius 3 is 2.21 bits per heavy atom. The number of ether oxygens (including phenoxy) is 1. The predicted octanol–water partition coefficient (Wildman–Crippen LogP) is 10.8. The Hall–Kier alpha value is -1.40. The van der Waals surface area contributed by atoms with E-state index in [4.69, 9.17) is 16.2 Å². The standard InChI is InChI=1S/C46H83N3O3/c1-33(2)16-15-17-34(3)38-20-21-39-37-19-18-35-32-36(24-27-45(35,8)40(37)25-28-46(38,39)9)52-42(51)23-22-41(50)49(31-29-44(6,7)48)30-14-12-10-11-13-26-43(4,5)47/h18,33-34,36-40H,10-17,19-32,47-48H2,1-9H3/t34?,36-,37-,38+,39-,40-,45-,46+/m0/s1. The highest BCUT2D eigenvalue weighted by Crippen LogP contribution is 2.67. The van der Waals surface area contributed by atoms with Crippen molar-refractivity contribution in [2.24, 2.45) is 57.8 Å². The molecule has 300 valence electrons. The Morgan fingerprint density at radius 2 is 1.52 bits per heavy atom. The van der Waals surface area contributed by atoms with Crippen molar-refractivity contribution in [1.29, 1.82) is 0 Å². The fraction of sp³-hybridized carbons (Fsp3) is 0.913. The average molecular weight is 726 g/mol. The third-order valence-electron chi connectivity index (χ3n) is 14.7. The molecule has 3 fully saturated rings. The van der Waals surface area contributed by atoms with Gasteiger partial charge in [-0.3, -0.25) is 9.59 Å². The van der Waals surface area contributed by atoms with Gasteiger partial charge in [0.1, 0.15) is 6.10 Å². The number of nitrogens with two attached hydrogens (primary N) is 2. The Bertz CT molecular complexity index is 1180. The number of nitrogens with zero attached hydrogens (tertiary/aromatic N) is 1. The molecule has 0 aromatic heterocycles. The molecule has 3 saturated carbocycles. The SMILES string of the molecule is CC(C)CCCC(C)[C@H]1CC[C@H]2[C@@H]3CC=C4C[C@@H](OC(=O)CCC(=O)N(CCCCCCCC(C)(C)N)CCC(C)(C)N)CC[C@]4(C)[C@H]3CC[C@]12C. The molecule has 0 heterocycles. The maximum absolute atomic E-state index is 13.4. The highest BCUT2D eigenvalue weighted by molar-refractivity contribution is 5.81. The molecule has 8 atom stereocenters. The molecule has 4 aliphatic rings. The minimum absolute atomic E-state index is 0.0479. The molecule has 0 saturated heterocycles. The van der Waals surface area contributed by atoms with Gasteiger partial charge in [-0.15, -0.1) is 0 Å². The third kappa shape index (κ3) is 11.8. The van der Waals surface area contributed by atoms with Crippen molar-refractivity contribution in [3.63, 3.8) is 0 Å². The second-order valence-electron chi connectivity index (χ2n) is 20.8. The van der Waals surface area contributed by atoms with Gasteiger partial charge in [0.2, 0.25) is 5.91 Å². The summed E-state index contributed by atoms with van der Waals surface area (Å²) < 4.78 is 6.12. The van der Waals surface area contributed by atoms with Crippen LogP contribution in [0.5, 0.6) is 0 Å². The van der Waals surface area contributed by atoms with Crippen LogP contribution >= 0.6 is 0 Å². The number of unbranched alkanes of at least 4 members (excludes halogenated alkanes) is 4. The second-order valence-corrected chi connectivity index (χ2v) is 20.8. The fourth-order valence-electron chi connectivity index (χ4n) is 11.6. The van der Waals surface area contributed by atoms with Gasteiger partial charge in [-0.2, -0.15) is 0 Å². The first-order chi connectivity index (χ1) is 24.3. The molecule has 4 N–H and O–H groups in total. The number of allylic oxidation sites excluding steroid dienone is 1. The van der Waals surface area contributed by atoms with Crippen molar-refractivity contribution in [3.8, 4) is 0 Å². The molecule has 1 unspecified atom stereocenters. The summed E-state index contributed by atoms with van der Waals surface area (Å²) in [6, 6.07) is 0. The van der Waals surface area contributed by atoms with Gasteiger partial charge in [-0.25, -0.2) is 0 Å². The van der Waals surface area contributed by atoms with Crippen LogP contribution in [0.1, 0.15) is 191 Å². The Balaban J connectivity index is 1.25. The van der Waals surface area contributed by atoms with E-state index in [-0.39, 0.29) is 47.3 Å². The molecule has 1 amide bonds. The Morgan fingerprint density at radius 1 is 0.827 bits per heavy atom. The van der Waals surface area contributed by atoms with Crippen LogP contribution < -0.4 is 11.5 Å².